The maximum atomic E-state index is 8.97. The highest BCUT2D eigenvalue weighted by Gasteiger charge is 2.40. The first-order valence-corrected chi connectivity index (χ1v) is 11.3. The Morgan fingerprint density at radius 2 is 1.65 bits per heavy atom. The van der Waals surface area contributed by atoms with Crippen LogP contribution in [0.25, 0.3) is 22.1 Å². The fraction of sp³-hybridized carbons (Fsp3) is 0.393. The molecule has 1 aromatic heterocycles. The quantitative estimate of drug-likeness (QED) is 0.471. The number of nitrogens with zero attached hydrogens (tertiary/aromatic N) is 2. The zero-order chi connectivity index (χ0) is 24.3. The molecule has 0 saturated carbocycles. The van der Waals surface area contributed by atoms with E-state index in [1.54, 1.807) is 0 Å². The molecular weight excluding hydrogens is 375 g/mol. The van der Waals surface area contributed by atoms with Crippen molar-refractivity contribution in [2.45, 2.75) is 47.9 Å². The van der Waals surface area contributed by atoms with Crippen LogP contribution in [0.1, 0.15) is 49.8 Å². The summed E-state index contributed by atoms with van der Waals surface area (Å²) < 4.78 is 20.2. The van der Waals surface area contributed by atoms with Crippen LogP contribution < -0.4 is 20.6 Å². The van der Waals surface area contributed by atoms with E-state index in [1.807, 2.05) is 26.0 Å². The molecule has 2 aromatic carbocycles. The number of benzene rings is 2. The maximum absolute atomic E-state index is 8.97. The molecule has 0 amide bonds. The van der Waals surface area contributed by atoms with Gasteiger partial charge in [-0.05, 0) is 48.3 Å². The highest BCUT2D eigenvalue weighted by atomic mass is 15.1. The molecule has 0 spiro atoms. The highest BCUT2D eigenvalue weighted by Crippen LogP contribution is 2.31. The van der Waals surface area contributed by atoms with Gasteiger partial charge in [0.05, 0.1) is 0 Å². The number of aromatic nitrogens is 1. The number of hydrogen-bond donors (Lipinski definition) is 0. The largest absolute Gasteiger partial charge is 0.407 e. The van der Waals surface area contributed by atoms with Crippen molar-refractivity contribution in [1.29, 1.82) is 0 Å². The van der Waals surface area contributed by atoms with Crippen molar-refractivity contribution in [1.82, 2.24) is 4.81 Å². The summed E-state index contributed by atoms with van der Waals surface area (Å²) >= 11 is 0. The molecule has 4 rings (SSSR count). The number of hydrogen-bond acceptors (Lipinski definition) is 1. The Bertz CT molecular complexity index is 1350. The zero-order valence-electron chi connectivity index (χ0n) is 22.2. The topological polar surface area (TPSA) is 7.12 Å². The highest BCUT2D eigenvalue weighted by molar-refractivity contribution is 6.86. The van der Waals surface area contributed by atoms with E-state index >= 15 is 0 Å². The summed E-state index contributed by atoms with van der Waals surface area (Å²) in [4.78, 5) is 2.41. The van der Waals surface area contributed by atoms with Crippen LogP contribution in [0.15, 0.2) is 54.6 Å². The zero-order valence-corrected chi connectivity index (χ0v) is 20.2. The maximum Gasteiger partial charge on any atom is 0.399 e. The Labute approximate surface area is 190 Å². The molecule has 0 fully saturated rings. The van der Waals surface area contributed by atoms with Crippen molar-refractivity contribution in [2.24, 2.45) is 18.4 Å². The summed E-state index contributed by atoms with van der Waals surface area (Å²) in [5, 5.41) is 3.56. The number of fused-ring (bicyclic) bond motifs is 2. The van der Waals surface area contributed by atoms with E-state index in [0.717, 1.165) is 22.1 Å². The van der Waals surface area contributed by atoms with Gasteiger partial charge >= 0.3 is 6.85 Å². The van der Waals surface area contributed by atoms with Crippen LogP contribution in [-0.4, -0.2) is 18.7 Å². The third-order valence-electron chi connectivity index (χ3n) is 6.43. The first-order chi connectivity index (χ1) is 15.4. The number of para-hydroxylation sites is 1. The molecule has 160 valence electrons. The normalized spacial score (nSPS) is 16.0. The van der Waals surface area contributed by atoms with Crippen molar-refractivity contribution in [3.63, 3.8) is 0 Å². The third kappa shape index (κ3) is 3.69. The summed E-state index contributed by atoms with van der Waals surface area (Å²) in [7, 11) is 4.31. The van der Waals surface area contributed by atoms with Gasteiger partial charge in [-0.3, -0.25) is 0 Å². The van der Waals surface area contributed by atoms with Gasteiger partial charge in [0.25, 0.3) is 0 Å². The van der Waals surface area contributed by atoms with Gasteiger partial charge in [-0.1, -0.05) is 76.5 Å². The molecular formula is C28H36BN2+. The van der Waals surface area contributed by atoms with E-state index in [1.165, 1.54) is 21.6 Å². The minimum absolute atomic E-state index is 0.0189. The van der Waals surface area contributed by atoms with Gasteiger partial charge in [-0.15, -0.1) is 0 Å². The fourth-order valence-electron chi connectivity index (χ4n) is 5.29. The van der Waals surface area contributed by atoms with Crippen LogP contribution in [0.2, 0.25) is 0 Å². The standard InChI is InChI=1S/C28H36BN2/c1-19(2)17-21-18-26(30(7)25-16-12-11-14-23(21)25)29-20(3)22-13-9-10-15-24(22)27(31(29)8)28(4,5)6/h9-16,18-19H,17H2,1-8H3/q+1/i17D2. The molecule has 0 bridgehead atoms. The third-order valence-corrected chi connectivity index (χ3v) is 6.43. The second-order valence-corrected chi connectivity index (χ2v) is 10.2. The van der Waals surface area contributed by atoms with Crippen molar-refractivity contribution in [3.8, 4) is 0 Å². The molecule has 3 heteroatoms. The van der Waals surface area contributed by atoms with E-state index in [0.29, 0.717) is 0 Å². The van der Waals surface area contributed by atoms with E-state index < -0.39 is 6.37 Å². The van der Waals surface area contributed by atoms with Gasteiger partial charge in [0, 0.05) is 31.4 Å². The Morgan fingerprint density at radius 1 is 1.03 bits per heavy atom. The molecule has 1 aliphatic rings. The SMILES string of the molecule is [2H]C([2H])(c1cc(B2C(C)=c3ccccc3=C(C(C)(C)C)N2C)[n+](C)c2ccccc12)C(C)C. The molecule has 0 aliphatic carbocycles. The van der Waals surface area contributed by atoms with Gasteiger partial charge in [-0.25, -0.2) is 4.57 Å². The Hall–Kier alpha value is -2.55. The van der Waals surface area contributed by atoms with E-state index in [2.05, 4.69) is 93.6 Å². The smallest absolute Gasteiger partial charge is 0.399 e. The summed E-state index contributed by atoms with van der Waals surface area (Å²) in [6, 6.07) is 19.0. The average molecular weight is 413 g/mol. The van der Waals surface area contributed by atoms with Crippen molar-refractivity contribution in [3.05, 3.63) is 70.6 Å². The van der Waals surface area contributed by atoms with Gasteiger partial charge in [0.15, 0.2) is 5.59 Å². The summed E-state index contributed by atoms with van der Waals surface area (Å²) in [6.45, 7) is 13.0. The minimum Gasteiger partial charge on any atom is -0.407 e. The molecule has 3 aromatic rings. The van der Waals surface area contributed by atoms with Crippen LogP contribution in [0.5, 0.6) is 0 Å². The monoisotopic (exact) mass is 413 g/mol. The first kappa shape index (κ1) is 19.2. The van der Waals surface area contributed by atoms with Gasteiger partial charge in [0.2, 0.25) is 5.52 Å². The lowest BCUT2D eigenvalue weighted by molar-refractivity contribution is -0.627. The van der Waals surface area contributed by atoms with Crippen LogP contribution in [0.3, 0.4) is 0 Å². The second kappa shape index (κ2) is 7.86. The van der Waals surface area contributed by atoms with Crippen LogP contribution in [-0.2, 0) is 13.4 Å². The second-order valence-electron chi connectivity index (χ2n) is 10.2. The number of rotatable bonds is 3. The lowest BCUT2D eigenvalue weighted by atomic mass is 9.48. The van der Waals surface area contributed by atoms with E-state index in [-0.39, 0.29) is 18.2 Å². The molecule has 2 heterocycles. The van der Waals surface area contributed by atoms with Crippen molar-refractivity contribution < 1.29 is 7.31 Å². The lowest BCUT2D eigenvalue weighted by Crippen LogP contribution is -2.65. The molecule has 31 heavy (non-hydrogen) atoms. The average Bonchev–Trinajstić information content (AvgIpc) is 2.74. The minimum atomic E-state index is -1.43. The summed E-state index contributed by atoms with van der Waals surface area (Å²) in [5.41, 5.74) is 5.53. The molecule has 1 aliphatic heterocycles. The lowest BCUT2D eigenvalue weighted by Gasteiger charge is -2.39. The van der Waals surface area contributed by atoms with Gasteiger partial charge in [0.1, 0.15) is 7.05 Å². The molecule has 0 unspecified atom stereocenters. The molecule has 0 radical (unpaired) electrons. The number of aryl methyl sites for hydroxylation is 1. The van der Waals surface area contributed by atoms with Gasteiger partial charge in [-0.2, -0.15) is 0 Å². The van der Waals surface area contributed by atoms with Crippen molar-refractivity contribution in [2.75, 3.05) is 7.05 Å². The van der Waals surface area contributed by atoms with Crippen LogP contribution in [0.4, 0.5) is 0 Å². The van der Waals surface area contributed by atoms with Crippen LogP contribution >= 0.6 is 0 Å². The Morgan fingerprint density at radius 3 is 2.29 bits per heavy atom. The summed E-state index contributed by atoms with van der Waals surface area (Å²) in [5.74, 6) is -0.131. The van der Waals surface area contributed by atoms with E-state index in [4.69, 9.17) is 2.74 Å². The van der Waals surface area contributed by atoms with Crippen molar-refractivity contribution >= 4 is 34.5 Å². The molecule has 0 atom stereocenters. The summed E-state index contributed by atoms with van der Waals surface area (Å²) in [6.07, 6.45) is -1.43. The fourth-order valence-corrected chi connectivity index (χ4v) is 5.29. The Balaban J connectivity index is 2.11. The van der Waals surface area contributed by atoms with Gasteiger partial charge < -0.3 is 4.81 Å². The predicted molar refractivity (Wildman–Crippen MR) is 134 cm³/mol. The first-order valence-electron chi connectivity index (χ1n) is 12.3. The predicted octanol–water partition coefficient (Wildman–Crippen LogP) is 3.57. The number of pyridine rings is 1. The molecule has 2 nitrogen and oxygen atoms in total. The van der Waals surface area contributed by atoms with Crippen LogP contribution in [0, 0.1) is 11.3 Å². The van der Waals surface area contributed by atoms with E-state index in [9.17, 15) is 0 Å². The molecule has 0 saturated heterocycles. The Kier molecular flexibility index (Phi) is 4.86. The molecule has 0 N–H and O–H groups in total.